The normalized spacial score (nSPS) is 11.2. The van der Waals surface area contributed by atoms with E-state index in [0.29, 0.717) is 11.4 Å². The molecule has 3 aromatic carbocycles. The van der Waals surface area contributed by atoms with Crippen molar-refractivity contribution in [3.63, 3.8) is 0 Å². The summed E-state index contributed by atoms with van der Waals surface area (Å²) in [5, 5.41) is 2.69. The summed E-state index contributed by atoms with van der Waals surface area (Å²) in [5.41, 5.74) is 3.01. The number of amides is 1. The van der Waals surface area contributed by atoms with Crippen LogP contribution in [-0.4, -0.2) is 34.0 Å². The Morgan fingerprint density at radius 2 is 1.58 bits per heavy atom. The SMILES string of the molecule is Cc1ccc(S(=O)(=O)N(CC(=O)NCCOc2ccc(F)cc2)c2cc(C)ccc2C)cc1. The Balaban J connectivity index is 1.75. The largest absolute Gasteiger partial charge is 0.492 e. The third-order valence-corrected chi connectivity index (χ3v) is 6.81. The van der Waals surface area contributed by atoms with E-state index >= 15 is 0 Å². The predicted molar refractivity (Wildman–Crippen MR) is 127 cm³/mol. The molecule has 0 fully saturated rings. The van der Waals surface area contributed by atoms with Gasteiger partial charge in [-0.25, -0.2) is 12.8 Å². The molecule has 0 aromatic heterocycles. The fraction of sp³-hybridized carbons (Fsp3) is 0.240. The maximum Gasteiger partial charge on any atom is 0.264 e. The molecule has 33 heavy (non-hydrogen) atoms. The van der Waals surface area contributed by atoms with Crippen molar-refractivity contribution in [1.29, 1.82) is 0 Å². The zero-order valence-corrected chi connectivity index (χ0v) is 19.7. The molecule has 0 heterocycles. The number of hydrogen-bond acceptors (Lipinski definition) is 4. The van der Waals surface area contributed by atoms with Gasteiger partial charge in [-0.1, -0.05) is 29.8 Å². The molecule has 0 radical (unpaired) electrons. The summed E-state index contributed by atoms with van der Waals surface area (Å²) < 4.78 is 46.5. The molecule has 3 rings (SSSR count). The average Bonchev–Trinajstić information content (AvgIpc) is 2.78. The summed E-state index contributed by atoms with van der Waals surface area (Å²) >= 11 is 0. The molecule has 0 atom stereocenters. The molecule has 8 heteroatoms. The van der Waals surface area contributed by atoms with Gasteiger partial charge in [0.05, 0.1) is 17.1 Å². The Morgan fingerprint density at radius 1 is 0.939 bits per heavy atom. The van der Waals surface area contributed by atoms with E-state index in [4.69, 9.17) is 4.74 Å². The lowest BCUT2D eigenvalue weighted by Crippen LogP contribution is -2.42. The van der Waals surface area contributed by atoms with Crippen LogP contribution in [0.15, 0.2) is 71.6 Å². The first-order chi connectivity index (χ1) is 15.7. The van der Waals surface area contributed by atoms with Crippen molar-refractivity contribution < 1.29 is 22.3 Å². The van der Waals surface area contributed by atoms with Gasteiger partial charge in [0.15, 0.2) is 0 Å². The number of rotatable bonds is 9. The predicted octanol–water partition coefficient (Wildman–Crippen LogP) is 4.14. The minimum atomic E-state index is -3.98. The molecule has 1 N–H and O–H groups in total. The van der Waals surface area contributed by atoms with Gasteiger partial charge in [0.25, 0.3) is 10.0 Å². The first kappa shape index (κ1) is 24.3. The van der Waals surface area contributed by atoms with E-state index in [0.717, 1.165) is 21.0 Å². The van der Waals surface area contributed by atoms with Crippen molar-refractivity contribution in [1.82, 2.24) is 5.32 Å². The smallest absolute Gasteiger partial charge is 0.264 e. The third-order valence-electron chi connectivity index (χ3n) is 5.04. The van der Waals surface area contributed by atoms with Crippen LogP contribution in [0.4, 0.5) is 10.1 Å². The highest BCUT2D eigenvalue weighted by atomic mass is 32.2. The average molecular weight is 471 g/mol. The van der Waals surface area contributed by atoms with Gasteiger partial charge < -0.3 is 10.1 Å². The summed E-state index contributed by atoms with van der Waals surface area (Å²) in [6.07, 6.45) is 0. The number of carbonyl (C=O) groups is 1. The molecule has 0 aliphatic carbocycles. The molecule has 6 nitrogen and oxygen atoms in total. The molecule has 174 valence electrons. The Hall–Kier alpha value is -3.39. The van der Waals surface area contributed by atoms with E-state index in [1.54, 1.807) is 25.1 Å². The molecule has 0 saturated carbocycles. The van der Waals surface area contributed by atoms with E-state index in [2.05, 4.69) is 5.32 Å². The van der Waals surface area contributed by atoms with E-state index in [9.17, 15) is 17.6 Å². The fourth-order valence-corrected chi connectivity index (χ4v) is 4.68. The lowest BCUT2D eigenvalue weighted by molar-refractivity contribution is -0.119. The summed E-state index contributed by atoms with van der Waals surface area (Å²) in [7, 11) is -3.98. The number of anilines is 1. The highest BCUT2D eigenvalue weighted by molar-refractivity contribution is 7.92. The van der Waals surface area contributed by atoms with Crippen molar-refractivity contribution in [3.8, 4) is 5.75 Å². The second-order valence-electron chi connectivity index (χ2n) is 7.77. The lowest BCUT2D eigenvalue weighted by atomic mass is 10.1. The van der Waals surface area contributed by atoms with Crippen molar-refractivity contribution in [2.24, 2.45) is 0 Å². The summed E-state index contributed by atoms with van der Waals surface area (Å²) in [4.78, 5) is 12.8. The first-order valence-electron chi connectivity index (χ1n) is 10.5. The zero-order chi connectivity index (χ0) is 24.0. The van der Waals surface area contributed by atoms with Crippen LogP contribution in [0, 0.1) is 26.6 Å². The molecule has 0 aliphatic rings. The van der Waals surface area contributed by atoms with Crippen LogP contribution >= 0.6 is 0 Å². The maximum absolute atomic E-state index is 13.5. The van der Waals surface area contributed by atoms with E-state index in [1.165, 1.54) is 36.4 Å². The molecule has 0 aliphatic heterocycles. The number of carbonyl (C=O) groups excluding carboxylic acids is 1. The second-order valence-corrected chi connectivity index (χ2v) is 9.63. The standard InChI is InChI=1S/C25H27FN2O4S/c1-18-5-12-23(13-6-18)33(30,31)28(24-16-19(2)4-7-20(24)3)17-25(29)27-14-15-32-22-10-8-21(26)9-11-22/h4-13,16H,14-15,17H2,1-3H3,(H,27,29). The van der Waals surface area contributed by atoms with E-state index in [1.807, 2.05) is 26.0 Å². The van der Waals surface area contributed by atoms with E-state index in [-0.39, 0.29) is 30.4 Å². The third kappa shape index (κ3) is 6.32. The summed E-state index contributed by atoms with van der Waals surface area (Å²) in [6.45, 7) is 5.50. The van der Waals surface area contributed by atoms with Gasteiger partial charge in [-0.05, 0) is 74.4 Å². The van der Waals surface area contributed by atoms with Gasteiger partial charge >= 0.3 is 0 Å². The molecule has 0 spiro atoms. The van der Waals surface area contributed by atoms with Crippen LogP contribution in [0.2, 0.25) is 0 Å². The van der Waals surface area contributed by atoms with Crippen LogP contribution in [0.5, 0.6) is 5.75 Å². The van der Waals surface area contributed by atoms with E-state index < -0.39 is 15.9 Å². The first-order valence-corrected chi connectivity index (χ1v) is 11.9. The van der Waals surface area contributed by atoms with Gasteiger partial charge in [0, 0.05) is 0 Å². The summed E-state index contributed by atoms with van der Waals surface area (Å²) in [6, 6.07) is 17.6. The topological polar surface area (TPSA) is 75.7 Å². The van der Waals surface area contributed by atoms with Crippen LogP contribution in [0.1, 0.15) is 16.7 Å². The minimum Gasteiger partial charge on any atom is -0.492 e. The molecule has 1 amide bonds. The van der Waals surface area contributed by atoms with Crippen molar-refractivity contribution in [3.05, 3.63) is 89.2 Å². The number of benzene rings is 3. The lowest BCUT2D eigenvalue weighted by Gasteiger charge is -2.26. The Labute approximate surface area is 194 Å². The van der Waals surface area contributed by atoms with Gasteiger partial charge in [-0.3, -0.25) is 9.10 Å². The molecular weight excluding hydrogens is 443 g/mol. The number of aryl methyl sites for hydroxylation is 3. The van der Waals surface area contributed by atoms with Crippen LogP contribution in [0.3, 0.4) is 0 Å². The zero-order valence-electron chi connectivity index (χ0n) is 18.8. The van der Waals surface area contributed by atoms with Crippen LogP contribution in [0.25, 0.3) is 0 Å². The van der Waals surface area contributed by atoms with Crippen molar-refractivity contribution in [2.45, 2.75) is 25.7 Å². The number of nitrogens with one attached hydrogen (secondary N) is 1. The number of nitrogens with zero attached hydrogens (tertiary/aromatic N) is 1. The van der Waals surface area contributed by atoms with Gasteiger partial charge in [-0.2, -0.15) is 0 Å². The van der Waals surface area contributed by atoms with Crippen molar-refractivity contribution in [2.75, 3.05) is 24.0 Å². The Kier molecular flexibility index (Phi) is 7.71. The number of ether oxygens (including phenoxy) is 1. The number of sulfonamides is 1. The van der Waals surface area contributed by atoms with Gasteiger partial charge in [0.1, 0.15) is 24.7 Å². The monoisotopic (exact) mass is 470 g/mol. The molecule has 0 saturated heterocycles. The highest BCUT2D eigenvalue weighted by Crippen LogP contribution is 2.28. The van der Waals surface area contributed by atoms with Crippen LogP contribution < -0.4 is 14.4 Å². The van der Waals surface area contributed by atoms with Gasteiger partial charge in [0.2, 0.25) is 5.91 Å². The minimum absolute atomic E-state index is 0.112. The Bertz CT molecular complexity index is 1210. The molecule has 3 aromatic rings. The second kappa shape index (κ2) is 10.5. The molecule has 0 bridgehead atoms. The Morgan fingerprint density at radius 3 is 2.24 bits per heavy atom. The van der Waals surface area contributed by atoms with Gasteiger partial charge in [-0.15, -0.1) is 0 Å². The maximum atomic E-state index is 13.5. The van der Waals surface area contributed by atoms with Crippen molar-refractivity contribution >= 4 is 21.6 Å². The summed E-state index contributed by atoms with van der Waals surface area (Å²) in [5.74, 6) is -0.351. The van der Waals surface area contributed by atoms with Crippen LogP contribution in [-0.2, 0) is 14.8 Å². The fourth-order valence-electron chi connectivity index (χ4n) is 3.20. The molecular formula is C25H27FN2O4S. The quantitative estimate of drug-likeness (QED) is 0.477. The molecule has 0 unspecified atom stereocenters. The number of halogens is 1. The highest BCUT2D eigenvalue weighted by Gasteiger charge is 2.28. The number of hydrogen-bond donors (Lipinski definition) is 1.